The minimum absolute atomic E-state index is 0.0129. The SMILES string of the molecule is CCOc1cccc(/C=N/NC(=O)Cc2cccc(OC)c2)c1OS(=O)(=O)c1ccc(C)cc1. The summed E-state index contributed by atoms with van der Waals surface area (Å²) in [5.41, 5.74) is 4.45. The summed E-state index contributed by atoms with van der Waals surface area (Å²) < 4.78 is 41.9. The van der Waals surface area contributed by atoms with Crippen LogP contribution in [-0.2, 0) is 21.3 Å². The van der Waals surface area contributed by atoms with E-state index in [9.17, 15) is 13.2 Å². The van der Waals surface area contributed by atoms with E-state index in [1.165, 1.54) is 18.3 Å². The Morgan fingerprint density at radius 1 is 1.06 bits per heavy atom. The fraction of sp³-hybridized carbons (Fsp3) is 0.200. The number of hydrogen-bond donors (Lipinski definition) is 1. The van der Waals surface area contributed by atoms with E-state index < -0.39 is 10.1 Å². The molecule has 0 aromatic heterocycles. The number of hydrogen-bond acceptors (Lipinski definition) is 7. The number of carbonyl (C=O) groups is 1. The second-order valence-electron chi connectivity index (χ2n) is 7.28. The van der Waals surface area contributed by atoms with Gasteiger partial charge in [-0.05, 0) is 55.8 Å². The first-order valence-electron chi connectivity index (χ1n) is 10.5. The van der Waals surface area contributed by atoms with Crippen LogP contribution in [0, 0.1) is 6.92 Å². The summed E-state index contributed by atoms with van der Waals surface area (Å²) >= 11 is 0. The average molecular weight is 483 g/mol. The smallest absolute Gasteiger partial charge is 0.339 e. The van der Waals surface area contributed by atoms with Gasteiger partial charge in [0.15, 0.2) is 11.5 Å². The van der Waals surface area contributed by atoms with E-state index in [1.54, 1.807) is 68.6 Å². The van der Waals surface area contributed by atoms with Crippen molar-refractivity contribution in [1.29, 1.82) is 0 Å². The van der Waals surface area contributed by atoms with Gasteiger partial charge in [0.2, 0.25) is 5.91 Å². The van der Waals surface area contributed by atoms with Crippen LogP contribution >= 0.6 is 0 Å². The van der Waals surface area contributed by atoms with Crippen molar-refractivity contribution in [2.75, 3.05) is 13.7 Å². The Hall–Kier alpha value is -3.85. The summed E-state index contributed by atoms with van der Waals surface area (Å²) in [6.07, 6.45) is 1.41. The first kappa shape index (κ1) is 24.8. The number of rotatable bonds is 10. The molecule has 0 aliphatic rings. The molecular formula is C25H26N2O6S. The van der Waals surface area contributed by atoms with Gasteiger partial charge in [-0.3, -0.25) is 4.79 Å². The molecule has 0 saturated carbocycles. The van der Waals surface area contributed by atoms with Crippen LogP contribution in [0.15, 0.2) is 76.7 Å². The number of benzene rings is 3. The minimum Gasteiger partial charge on any atom is -0.497 e. The molecule has 0 fully saturated rings. The lowest BCUT2D eigenvalue weighted by atomic mass is 10.1. The number of nitrogens with one attached hydrogen (secondary N) is 1. The lowest BCUT2D eigenvalue weighted by molar-refractivity contribution is -0.120. The third-order valence-electron chi connectivity index (χ3n) is 4.70. The highest BCUT2D eigenvalue weighted by atomic mass is 32.2. The molecule has 1 N–H and O–H groups in total. The number of methoxy groups -OCH3 is 1. The monoisotopic (exact) mass is 482 g/mol. The molecule has 8 nitrogen and oxygen atoms in total. The Labute approximate surface area is 199 Å². The zero-order valence-corrected chi connectivity index (χ0v) is 20.0. The maximum atomic E-state index is 12.9. The van der Waals surface area contributed by atoms with Crippen molar-refractivity contribution in [2.45, 2.75) is 25.2 Å². The van der Waals surface area contributed by atoms with Crippen LogP contribution in [-0.4, -0.2) is 34.3 Å². The topological polar surface area (TPSA) is 103 Å². The maximum Gasteiger partial charge on any atom is 0.339 e. The number of para-hydroxylation sites is 1. The van der Waals surface area contributed by atoms with Crippen molar-refractivity contribution in [1.82, 2.24) is 5.43 Å². The summed E-state index contributed by atoms with van der Waals surface area (Å²) in [4.78, 5) is 12.3. The Bertz CT molecular complexity index is 1270. The Morgan fingerprint density at radius 2 is 1.79 bits per heavy atom. The molecule has 0 saturated heterocycles. The van der Waals surface area contributed by atoms with Crippen LogP contribution in [0.5, 0.6) is 17.2 Å². The molecule has 9 heteroatoms. The van der Waals surface area contributed by atoms with Crippen LogP contribution in [0.1, 0.15) is 23.6 Å². The highest BCUT2D eigenvalue weighted by Gasteiger charge is 2.21. The van der Waals surface area contributed by atoms with Gasteiger partial charge in [0.25, 0.3) is 0 Å². The second kappa shape index (κ2) is 11.3. The normalized spacial score (nSPS) is 11.3. The van der Waals surface area contributed by atoms with Crippen molar-refractivity contribution in [3.8, 4) is 17.2 Å². The molecule has 0 aliphatic carbocycles. The fourth-order valence-corrected chi connectivity index (χ4v) is 4.00. The maximum absolute atomic E-state index is 12.9. The molecular weight excluding hydrogens is 456 g/mol. The fourth-order valence-electron chi connectivity index (χ4n) is 3.04. The van der Waals surface area contributed by atoms with E-state index in [0.29, 0.717) is 17.9 Å². The van der Waals surface area contributed by atoms with Crippen LogP contribution in [0.2, 0.25) is 0 Å². The van der Waals surface area contributed by atoms with E-state index in [2.05, 4.69) is 10.5 Å². The Kier molecular flexibility index (Phi) is 8.26. The molecule has 1 amide bonds. The Morgan fingerprint density at radius 3 is 2.50 bits per heavy atom. The van der Waals surface area contributed by atoms with E-state index in [0.717, 1.165) is 11.1 Å². The molecule has 0 spiro atoms. The van der Waals surface area contributed by atoms with Crippen molar-refractivity contribution in [3.63, 3.8) is 0 Å². The number of amides is 1. The van der Waals surface area contributed by atoms with E-state index >= 15 is 0 Å². The van der Waals surface area contributed by atoms with E-state index in [4.69, 9.17) is 13.7 Å². The quantitative estimate of drug-likeness (QED) is 0.267. The van der Waals surface area contributed by atoms with Crippen molar-refractivity contribution >= 4 is 22.2 Å². The van der Waals surface area contributed by atoms with E-state index in [-0.39, 0.29) is 28.7 Å². The van der Waals surface area contributed by atoms with E-state index in [1.807, 2.05) is 6.92 Å². The molecule has 178 valence electrons. The number of nitrogens with zero attached hydrogens (tertiary/aromatic N) is 1. The van der Waals surface area contributed by atoms with Gasteiger partial charge in [0.1, 0.15) is 10.6 Å². The molecule has 34 heavy (non-hydrogen) atoms. The lowest BCUT2D eigenvalue weighted by Gasteiger charge is -2.14. The van der Waals surface area contributed by atoms with Crippen LogP contribution in [0.4, 0.5) is 0 Å². The predicted octanol–water partition coefficient (Wildman–Crippen LogP) is 3.86. The standard InChI is InChI=1S/C25H26N2O6S/c1-4-32-23-10-6-8-20(25(23)33-34(29,30)22-13-11-18(2)12-14-22)17-26-27-24(28)16-19-7-5-9-21(15-19)31-3/h5-15,17H,4,16H2,1-3H3,(H,27,28)/b26-17+. The van der Waals surface area contributed by atoms with Gasteiger partial charge in [0.05, 0.1) is 26.4 Å². The van der Waals surface area contributed by atoms with Gasteiger partial charge in [-0.15, -0.1) is 0 Å². The third kappa shape index (κ3) is 6.58. The zero-order valence-electron chi connectivity index (χ0n) is 19.1. The zero-order chi connectivity index (χ0) is 24.6. The number of aryl methyl sites for hydroxylation is 1. The van der Waals surface area contributed by atoms with Gasteiger partial charge in [-0.1, -0.05) is 35.9 Å². The summed E-state index contributed by atoms with van der Waals surface area (Å²) in [6.45, 7) is 3.94. The number of ether oxygens (including phenoxy) is 2. The molecule has 0 radical (unpaired) electrons. The Balaban J connectivity index is 1.79. The summed E-state index contributed by atoms with van der Waals surface area (Å²) in [6, 6.07) is 18.4. The first-order valence-corrected chi connectivity index (χ1v) is 11.9. The third-order valence-corrected chi connectivity index (χ3v) is 5.94. The van der Waals surface area contributed by atoms with Crippen LogP contribution < -0.4 is 19.1 Å². The largest absolute Gasteiger partial charge is 0.497 e. The van der Waals surface area contributed by atoms with Gasteiger partial charge in [0, 0.05) is 5.56 Å². The summed E-state index contributed by atoms with van der Waals surface area (Å²) in [5, 5.41) is 3.97. The molecule has 3 aromatic carbocycles. The van der Waals surface area contributed by atoms with Crippen LogP contribution in [0.25, 0.3) is 0 Å². The highest BCUT2D eigenvalue weighted by molar-refractivity contribution is 7.87. The van der Waals surface area contributed by atoms with Crippen molar-refractivity contribution in [2.24, 2.45) is 5.10 Å². The summed E-state index contributed by atoms with van der Waals surface area (Å²) in [7, 11) is -2.57. The summed E-state index contributed by atoms with van der Waals surface area (Å²) in [5.74, 6) is 0.527. The average Bonchev–Trinajstić information content (AvgIpc) is 2.81. The van der Waals surface area contributed by atoms with Crippen LogP contribution in [0.3, 0.4) is 0 Å². The van der Waals surface area contributed by atoms with Crippen molar-refractivity contribution < 1.29 is 26.9 Å². The molecule has 0 unspecified atom stereocenters. The minimum atomic E-state index is -4.12. The van der Waals surface area contributed by atoms with Gasteiger partial charge < -0.3 is 13.7 Å². The molecule has 0 aliphatic heterocycles. The van der Waals surface area contributed by atoms with Gasteiger partial charge >= 0.3 is 10.1 Å². The second-order valence-corrected chi connectivity index (χ2v) is 8.83. The number of carbonyl (C=O) groups excluding carboxylic acids is 1. The highest BCUT2D eigenvalue weighted by Crippen LogP contribution is 2.33. The number of hydrazone groups is 1. The molecule has 0 bridgehead atoms. The van der Waals surface area contributed by atoms with Gasteiger partial charge in [-0.25, -0.2) is 5.43 Å². The lowest BCUT2D eigenvalue weighted by Crippen LogP contribution is -2.20. The first-order chi connectivity index (χ1) is 16.3. The van der Waals surface area contributed by atoms with Crippen molar-refractivity contribution in [3.05, 3.63) is 83.4 Å². The molecule has 3 aromatic rings. The van der Waals surface area contributed by atoms with Gasteiger partial charge in [-0.2, -0.15) is 13.5 Å². The molecule has 0 atom stereocenters. The predicted molar refractivity (Wildman–Crippen MR) is 129 cm³/mol. The molecule has 3 rings (SSSR count). The molecule has 0 heterocycles.